The average molecular weight is 349 g/mol. The SMILES string of the molecule is CCOC(=O)CCCN1N=C2c3ccc(Cl)cc3CCC2CC1=O. The highest BCUT2D eigenvalue weighted by Gasteiger charge is 2.33. The summed E-state index contributed by atoms with van der Waals surface area (Å²) in [4.78, 5) is 23.7. The average Bonchev–Trinajstić information content (AvgIpc) is 2.55. The fourth-order valence-corrected chi connectivity index (χ4v) is 3.52. The number of rotatable bonds is 5. The smallest absolute Gasteiger partial charge is 0.305 e. The zero-order chi connectivity index (χ0) is 17.1. The molecule has 2 aliphatic rings. The van der Waals surface area contributed by atoms with Crippen molar-refractivity contribution >= 4 is 29.2 Å². The van der Waals surface area contributed by atoms with E-state index in [2.05, 4.69) is 5.10 Å². The van der Waals surface area contributed by atoms with Gasteiger partial charge in [0.1, 0.15) is 0 Å². The normalized spacial score (nSPS) is 19.4. The van der Waals surface area contributed by atoms with Gasteiger partial charge in [-0.25, -0.2) is 5.01 Å². The first-order valence-corrected chi connectivity index (χ1v) is 8.79. The molecule has 0 saturated heterocycles. The van der Waals surface area contributed by atoms with Gasteiger partial charge in [-0.15, -0.1) is 0 Å². The van der Waals surface area contributed by atoms with Crippen LogP contribution in [-0.4, -0.2) is 35.7 Å². The van der Waals surface area contributed by atoms with E-state index in [-0.39, 0.29) is 17.8 Å². The van der Waals surface area contributed by atoms with Crippen molar-refractivity contribution in [3.05, 3.63) is 34.3 Å². The molecule has 1 amide bonds. The van der Waals surface area contributed by atoms with E-state index in [0.717, 1.165) is 29.1 Å². The molecule has 5 nitrogen and oxygen atoms in total. The topological polar surface area (TPSA) is 59.0 Å². The number of nitrogens with zero attached hydrogens (tertiary/aromatic N) is 2. The summed E-state index contributed by atoms with van der Waals surface area (Å²) in [5, 5.41) is 6.84. The van der Waals surface area contributed by atoms with Crippen LogP contribution in [0.1, 0.15) is 43.7 Å². The van der Waals surface area contributed by atoms with Crippen molar-refractivity contribution in [1.29, 1.82) is 0 Å². The summed E-state index contributed by atoms with van der Waals surface area (Å²) in [6.07, 6.45) is 3.20. The molecule has 0 saturated carbocycles. The highest BCUT2D eigenvalue weighted by Crippen LogP contribution is 2.33. The number of fused-ring (bicyclic) bond motifs is 3. The van der Waals surface area contributed by atoms with Gasteiger partial charge in [-0.2, -0.15) is 5.10 Å². The van der Waals surface area contributed by atoms with Gasteiger partial charge in [-0.1, -0.05) is 17.7 Å². The third-order valence-electron chi connectivity index (χ3n) is 4.49. The van der Waals surface area contributed by atoms with E-state index in [1.54, 1.807) is 6.92 Å². The number of amides is 1. The van der Waals surface area contributed by atoms with Crippen LogP contribution in [-0.2, 0) is 20.7 Å². The minimum absolute atomic E-state index is 0.0324. The molecule has 0 bridgehead atoms. The minimum atomic E-state index is -0.231. The van der Waals surface area contributed by atoms with Crippen molar-refractivity contribution in [3.63, 3.8) is 0 Å². The first kappa shape index (κ1) is 17.0. The molecule has 1 unspecified atom stereocenters. The number of halogens is 1. The molecule has 1 aliphatic carbocycles. The van der Waals surface area contributed by atoms with E-state index in [9.17, 15) is 9.59 Å². The molecule has 0 radical (unpaired) electrons. The molecule has 1 aromatic rings. The number of hydrogen-bond donors (Lipinski definition) is 0. The van der Waals surface area contributed by atoms with Crippen molar-refractivity contribution in [2.24, 2.45) is 11.0 Å². The monoisotopic (exact) mass is 348 g/mol. The first-order chi connectivity index (χ1) is 11.6. The van der Waals surface area contributed by atoms with E-state index in [4.69, 9.17) is 16.3 Å². The Morgan fingerprint density at radius 1 is 1.46 bits per heavy atom. The van der Waals surface area contributed by atoms with Crippen molar-refractivity contribution in [3.8, 4) is 0 Å². The highest BCUT2D eigenvalue weighted by molar-refractivity contribution is 6.30. The van der Waals surface area contributed by atoms with E-state index >= 15 is 0 Å². The largest absolute Gasteiger partial charge is 0.466 e. The molecule has 1 heterocycles. The van der Waals surface area contributed by atoms with Gasteiger partial charge < -0.3 is 4.74 Å². The second kappa shape index (κ2) is 7.34. The summed E-state index contributed by atoms with van der Waals surface area (Å²) in [7, 11) is 0. The Bertz CT molecular complexity index is 687. The molecule has 0 N–H and O–H groups in total. The Morgan fingerprint density at radius 3 is 3.08 bits per heavy atom. The maximum absolute atomic E-state index is 12.3. The van der Waals surface area contributed by atoms with E-state index in [1.807, 2.05) is 18.2 Å². The lowest BCUT2D eigenvalue weighted by molar-refractivity contribution is -0.143. The van der Waals surface area contributed by atoms with Gasteiger partial charge in [0.15, 0.2) is 0 Å². The van der Waals surface area contributed by atoms with Crippen LogP contribution in [0.3, 0.4) is 0 Å². The second-order valence-electron chi connectivity index (χ2n) is 6.15. The van der Waals surface area contributed by atoms with E-state index < -0.39 is 0 Å². The molecule has 1 aromatic carbocycles. The molecule has 0 aromatic heterocycles. The fraction of sp³-hybridized carbons (Fsp3) is 0.500. The number of carbonyl (C=O) groups excluding carboxylic acids is 2. The molecule has 6 heteroatoms. The predicted molar refractivity (Wildman–Crippen MR) is 92.0 cm³/mol. The summed E-state index contributed by atoms with van der Waals surface area (Å²) in [6.45, 7) is 2.60. The summed E-state index contributed by atoms with van der Waals surface area (Å²) >= 11 is 6.08. The quantitative estimate of drug-likeness (QED) is 0.768. The molecule has 1 atom stereocenters. The molecule has 0 spiro atoms. The lowest BCUT2D eigenvalue weighted by atomic mass is 9.79. The van der Waals surface area contributed by atoms with Crippen LogP contribution >= 0.6 is 11.6 Å². The van der Waals surface area contributed by atoms with Gasteiger partial charge in [0, 0.05) is 35.9 Å². The van der Waals surface area contributed by atoms with Gasteiger partial charge in [0.05, 0.1) is 12.3 Å². The molecular formula is C18H21ClN2O3. The van der Waals surface area contributed by atoms with Crippen LogP contribution in [0, 0.1) is 5.92 Å². The summed E-state index contributed by atoms with van der Waals surface area (Å²) in [6, 6.07) is 5.85. The minimum Gasteiger partial charge on any atom is -0.466 e. The first-order valence-electron chi connectivity index (χ1n) is 8.41. The van der Waals surface area contributed by atoms with Crippen LogP contribution in [0.15, 0.2) is 23.3 Å². The number of benzene rings is 1. The number of carbonyl (C=O) groups is 2. The van der Waals surface area contributed by atoms with Gasteiger partial charge >= 0.3 is 5.97 Å². The lowest BCUT2D eigenvalue weighted by Gasteiger charge is -2.33. The van der Waals surface area contributed by atoms with Crippen LogP contribution < -0.4 is 0 Å². The number of esters is 1. The van der Waals surface area contributed by atoms with Crippen LogP contribution in [0.25, 0.3) is 0 Å². The number of aryl methyl sites for hydroxylation is 1. The van der Waals surface area contributed by atoms with Crippen molar-refractivity contribution < 1.29 is 14.3 Å². The van der Waals surface area contributed by atoms with E-state index in [1.165, 1.54) is 10.6 Å². The van der Waals surface area contributed by atoms with Gasteiger partial charge in [0.2, 0.25) is 5.91 Å². The Balaban J connectivity index is 1.73. The van der Waals surface area contributed by atoms with Crippen LogP contribution in [0.5, 0.6) is 0 Å². The molecular weight excluding hydrogens is 328 g/mol. The van der Waals surface area contributed by atoms with E-state index in [0.29, 0.717) is 32.4 Å². The van der Waals surface area contributed by atoms with Crippen LogP contribution in [0.4, 0.5) is 0 Å². The summed E-state index contributed by atoms with van der Waals surface area (Å²) in [5.74, 6) is -0.0114. The third kappa shape index (κ3) is 3.61. The number of hydrazone groups is 1. The van der Waals surface area contributed by atoms with Gasteiger partial charge in [0.25, 0.3) is 0 Å². The van der Waals surface area contributed by atoms with Crippen molar-refractivity contribution in [2.75, 3.05) is 13.2 Å². The number of hydrogen-bond acceptors (Lipinski definition) is 4. The molecule has 1 aliphatic heterocycles. The Morgan fingerprint density at radius 2 is 2.29 bits per heavy atom. The van der Waals surface area contributed by atoms with Crippen molar-refractivity contribution in [2.45, 2.75) is 39.0 Å². The summed E-state index contributed by atoms with van der Waals surface area (Å²) < 4.78 is 4.91. The Kier molecular flexibility index (Phi) is 5.19. The second-order valence-corrected chi connectivity index (χ2v) is 6.59. The molecule has 24 heavy (non-hydrogen) atoms. The number of ether oxygens (including phenoxy) is 1. The standard InChI is InChI=1S/C18H21ClN2O3/c1-2-24-17(23)4-3-9-21-16(22)11-13-6-5-12-10-14(19)7-8-15(12)18(13)20-21/h7-8,10,13H,2-6,9,11H2,1H3. The zero-order valence-electron chi connectivity index (χ0n) is 13.8. The maximum atomic E-state index is 12.3. The molecule has 0 fully saturated rings. The Labute approximate surface area is 146 Å². The summed E-state index contributed by atoms with van der Waals surface area (Å²) in [5.41, 5.74) is 3.26. The molecule has 128 valence electrons. The van der Waals surface area contributed by atoms with Gasteiger partial charge in [-0.05, 0) is 43.9 Å². The zero-order valence-corrected chi connectivity index (χ0v) is 14.5. The molecule has 3 rings (SSSR count). The maximum Gasteiger partial charge on any atom is 0.305 e. The van der Waals surface area contributed by atoms with Crippen LogP contribution in [0.2, 0.25) is 5.02 Å². The third-order valence-corrected chi connectivity index (χ3v) is 4.72. The highest BCUT2D eigenvalue weighted by atomic mass is 35.5. The van der Waals surface area contributed by atoms with Crippen molar-refractivity contribution in [1.82, 2.24) is 5.01 Å². The lowest BCUT2D eigenvalue weighted by Crippen LogP contribution is -2.39. The predicted octanol–water partition coefficient (Wildman–Crippen LogP) is 3.18. The van der Waals surface area contributed by atoms with Gasteiger partial charge in [-0.3, -0.25) is 9.59 Å². The Hall–Kier alpha value is -1.88. The fourth-order valence-electron chi connectivity index (χ4n) is 3.32.